The third-order valence-electron chi connectivity index (χ3n) is 3.50. The third kappa shape index (κ3) is 3.49. The van der Waals surface area contributed by atoms with Crippen molar-refractivity contribution in [3.63, 3.8) is 0 Å². The van der Waals surface area contributed by atoms with E-state index in [1.807, 2.05) is 0 Å². The minimum absolute atomic E-state index is 0.0475. The highest BCUT2D eigenvalue weighted by Crippen LogP contribution is 2.22. The van der Waals surface area contributed by atoms with Crippen LogP contribution in [0, 0.1) is 0 Å². The van der Waals surface area contributed by atoms with Crippen molar-refractivity contribution in [1.29, 1.82) is 0 Å². The van der Waals surface area contributed by atoms with Crippen LogP contribution >= 0.6 is 0 Å². The topological polar surface area (TPSA) is 81.8 Å². The number of hydrogen-bond acceptors (Lipinski definition) is 6. The van der Waals surface area contributed by atoms with E-state index in [0.29, 0.717) is 22.2 Å². The molecule has 1 heterocycles. The lowest BCUT2D eigenvalue weighted by atomic mass is 10.2. The molecule has 6 heteroatoms. The van der Waals surface area contributed by atoms with Crippen LogP contribution in [0.15, 0.2) is 87.2 Å². The number of carbonyl (C=O) groups is 1. The predicted molar refractivity (Wildman–Crippen MR) is 99.2 cm³/mol. The van der Waals surface area contributed by atoms with Crippen molar-refractivity contribution < 1.29 is 13.9 Å². The lowest BCUT2D eigenvalue weighted by Gasteiger charge is -2.05. The van der Waals surface area contributed by atoms with Gasteiger partial charge < -0.3 is 9.15 Å². The summed E-state index contributed by atoms with van der Waals surface area (Å²) in [7, 11) is 0. The first-order chi connectivity index (χ1) is 12.6. The number of benzene rings is 2. The summed E-state index contributed by atoms with van der Waals surface area (Å²) in [6.07, 6.45) is 2.82. The van der Waals surface area contributed by atoms with E-state index in [1.54, 1.807) is 48.5 Å². The van der Waals surface area contributed by atoms with E-state index < -0.39 is 11.6 Å². The summed E-state index contributed by atoms with van der Waals surface area (Å²) in [5.74, 6) is -0.157. The van der Waals surface area contributed by atoms with Crippen LogP contribution in [0.5, 0.6) is 5.75 Å². The zero-order valence-corrected chi connectivity index (χ0v) is 13.7. The van der Waals surface area contributed by atoms with E-state index in [0.717, 1.165) is 0 Å². The second-order valence-electron chi connectivity index (χ2n) is 5.18. The van der Waals surface area contributed by atoms with Gasteiger partial charge in [0, 0.05) is 5.56 Å². The van der Waals surface area contributed by atoms with Crippen LogP contribution in [-0.2, 0) is 4.79 Å². The van der Waals surface area contributed by atoms with Crippen molar-refractivity contribution in [3.05, 3.63) is 83.4 Å². The quantitative estimate of drug-likeness (QED) is 0.232. The van der Waals surface area contributed by atoms with Crippen LogP contribution in [0.25, 0.3) is 22.4 Å². The Kier molecular flexibility index (Phi) is 4.85. The second-order valence-corrected chi connectivity index (χ2v) is 5.18. The number of rotatable bonds is 5. The van der Waals surface area contributed by atoms with Gasteiger partial charge in [-0.25, -0.2) is 14.6 Å². The van der Waals surface area contributed by atoms with Crippen molar-refractivity contribution >= 4 is 23.6 Å². The number of hydrogen-bond donors (Lipinski definition) is 0. The van der Waals surface area contributed by atoms with Gasteiger partial charge in [0.05, 0.1) is 10.9 Å². The van der Waals surface area contributed by atoms with Crippen molar-refractivity contribution in [1.82, 2.24) is 4.98 Å². The van der Waals surface area contributed by atoms with Gasteiger partial charge in [-0.2, -0.15) is 0 Å². The van der Waals surface area contributed by atoms with E-state index in [-0.39, 0.29) is 11.6 Å². The molecule has 0 amide bonds. The summed E-state index contributed by atoms with van der Waals surface area (Å²) in [4.78, 5) is 31.9. The Morgan fingerprint density at radius 1 is 1.15 bits per heavy atom. The van der Waals surface area contributed by atoms with E-state index in [9.17, 15) is 9.59 Å². The number of aromatic nitrogens is 1. The first-order valence-electron chi connectivity index (χ1n) is 7.64. The molecule has 0 radical (unpaired) electrons. The molecule has 0 saturated heterocycles. The van der Waals surface area contributed by atoms with Gasteiger partial charge in [0.1, 0.15) is 11.4 Å². The lowest BCUT2D eigenvalue weighted by Crippen LogP contribution is -2.09. The van der Waals surface area contributed by atoms with Gasteiger partial charge in [0.15, 0.2) is 0 Å². The Hall–Kier alpha value is -3.80. The SMILES string of the molecule is C=C/C=C(\N=C)C(=O)Oc1ccc(-c2nc3ccccc3c(=O)o2)cc1. The number of carbonyl (C=O) groups excluding carboxylic acids is 1. The normalized spacial score (nSPS) is 11.2. The summed E-state index contributed by atoms with van der Waals surface area (Å²) < 4.78 is 10.5. The van der Waals surface area contributed by atoms with Gasteiger partial charge in [0.2, 0.25) is 5.89 Å². The minimum Gasteiger partial charge on any atom is -0.422 e. The van der Waals surface area contributed by atoms with Crippen molar-refractivity contribution in [2.45, 2.75) is 0 Å². The number of allylic oxidation sites excluding steroid dienone is 2. The molecule has 0 fully saturated rings. The third-order valence-corrected chi connectivity index (χ3v) is 3.50. The maximum atomic E-state index is 12.0. The van der Waals surface area contributed by atoms with E-state index in [4.69, 9.17) is 9.15 Å². The minimum atomic E-state index is -0.650. The molecule has 0 bridgehead atoms. The van der Waals surface area contributed by atoms with Crippen molar-refractivity contribution in [3.8, 4) is 17.2 Å². The Morgan fingerprint density at radius 3 is 2.58 bits per heavy atom. The van der Waals surface area contributed by atoms with E-state index >= 15 is 0 Å². The smallest absolute Gasteiger partial charge is 0.362 e. The number of fused-ring (bicyclic) bond motifs is 1. The van der Waals surface area contributed by atoms with Gasteiger partial charge in [0.25, 0.3) is 0 Å². The number of nitrogens with zero attached hydrogens (tertiary/aromatic N) is 2. The van der Waals surface area contributed by atoms with Gasteiger partial charge in [-0.15, -0.1) is 0 Å². The average Bonchev–Trinajstić information content (AvgIpc) is 2.66. The van der Waals surface area contributed by atoms with Crippen LogP contribution in [0.1, 0.15) is 0 Å². The summed E-state index contributed by atoms with van der Waals surface area (Å²) in [6, 6.07) is 13.4. The summed E-state index contributed by atoms with van der Waals surface area (Å²) in [6.45, 7) is 6.81. The number of para-hydroxylation sites is 1. The molecule has 0 spiro atoms. The van der Waals surface area contributed by atoms with Crippen LogP contribution < -0.4 is 10.4 Å². The zero-order chi connectivity index (χ0) is 18.5. The molecule has 1 aromatic heterocycles. The number of ether oxygens (including phenoxy) is 1. The molecule has 128 valence electrons. The molecule has 0 unspecified atom stereocenters. The largest absolute Gasteiger partial charge is 0.422 e. The fraction of sp³-hybridized carbons (Fsp3) is 0. The van der Waals surface area contributed by atoms with Crippen molar-refractivity contribution in [2.24, 2.45) is 4.99 Å². The van der Waals surface area contributed by atoms with Gasteiger partial charge in [-0.3, -0.25) is 4.99 Å². The van der Waals surface area contributed by atoms with Gasteiger partial charge >= 0.3 is 11.6 Å². The van der Waals surface area contributed by atoms with Crippen LogP contribution in [0.4, 0.5) is 0 Å². The highest BCUT2D eigenvalue weighted by atomic mass is 16.5. The second kappa shape index (κ2) is 7.40. The maximum Gasteiger partial charge on any atom is 0.362 e. The molecule has 3 aromatic rings. The average molecular weight is 346 g/mol. The van der Waals surface area contributed by atoms with Crippen LogP contribution in [0.3, 0.4) is 0 Å². The first kappa shape index (κ1) is 17.0. The van der Waals surface area contributed by atoms with E-state index in [1.165, 1.54) is 12.2 Å². The van der Waals surface area contributed by atoms with Gasteiger partial charge in [-0.05, 0) is 49.2 Å². The molecule has 0 aliphatic heterocycles. The van der Waals surface area contributed by atoms with Crippen LogP contribution in [0.2, 0.25) is 0 Å². The molecule has 0 atom stereocenters. The molecule has 3 rings (SSSR count). The molecule has 0 aliphatic rings. The Bertz CT molecular complexity index is 1080. The summed E-state index contributed by atoms with van der Waals surface area (Å²) in [5, 5.41) is 0.417. The zero-order valence-electron chi connectivity index (χ0n) is 13.7. The standard InChI is InChI=1S/C20H14N2O4/c1-3-6-17(21-2)20(24)25-14-11-9-13(10-12-14)18-22-16-8-5-4-7-15(16)19(23)26-18/h3-12H,1-2H2/b17-6-. The molecule has 0 N–H and O–H groups in total. The Labute approximate surface area is 148 Å². The van der Waals surface area contributed by atoms with Crippen molar-refractivity contribution in [2.75, 3.05) is 0 Å². The number of aliphatic imine (C=N–C) groups is 1. The van der Waals surface area contributed by atoms with Crippen LogP contribution in [-0.4, -0.2) is 17.7 Å². The van der Waals surface area contributed by atoms with Gasteiger partial charge in [-0.1, -0.05) is 24.8 Å². The molecule has 0 aliphatic carbocycles. The highest BCUT2D eigenvalue weighted by Gasteiger charge is 2.11. The monoisotopic (exact) mass is 346 g/mol. The predicted octanol–water partition coefficient (Wildman–Crippen LogP) is 3.53. The number of esters is 1. The molecule has 2 aromatic carbocycles. The molecule has 0 saturated carbocycles. The summed E-state index contributed by atoms with van der Waals surface area (Å²) in [5.41, 5.74) is 0.713. The molecule has 6 nitrogen and oxygen atoms in total. The Balaban J connectivity index is 1.87. The maximum absolute atomic E-state index is 12.0. The fourth-order valence-electron chi connectivity index (χ4n) is 2.26. The fourth-order valence-corrected chi connectivity index (χ4v) is 2.26. The first-order valence-corrected chi connectivity index (χ1v) is 7.64. The summed E-state index contributed by atoms with van der Waals surface area (Å²) >= 11 is 0. The molecular weight excluding hydrogens is 332 g/mol. The molecule has 26 heavy (non-hydrogen) atoms. The van der Waals surface area contributed by atoms with E-state index in [2.05, 4.69) is 23.3 Å². The lowest BCUT2D eigenvalue weighted by molar-refractivity contribution is -0.130. The molecular formula is C20H14N2O4. The Morgan fingerprint density at radius 2 is 1.88 bits per heavy atom. The highest BCUT2D eigenvalue weighted by molar-refractivity contribution is 5.91.